The van der Waals surface area contributed by atoms with Gasteiger partial charge in [0, 0.05) is 5.75 Å². The summed E-state index contributed by atoms with van der Waals surface area (Å²) in [4.78, 5) is 0. The third-order valence-corrected chi connectivity index (χ3v) is 5.98. The lowest BCUT2D eigenvalue weighted by atomic mass is 10.1. The highest BCUT2D eigenvalue weighted by Crippen LogP contribution is 2.40. The molecule has 0 aromatic carbocycles. The maximum atomic E-state index is 11.2. The van der Waals surface area contributed by atoms with E-state index >= 15 is 0 Å². The van der Waals surface area contributed by atoms with Crippen LogP contribution in [-0.4, -0.2) is 26.4 Å². The molecule has 0 aromatic heterocycles. The van der Waals surface area contributed by atoms with E-state index < -0.39 is 9.83 Å². The molecule has 4 heteroatoms. The highest BCUT2D eigenvalue weighted by molar-refractivity contribution is 8.69. The first kappa shape index (κ1) is 7.13. The number of aliphatic hydroxyl groups is 1. The third kappa shape index (κ3) is 0.933. The predicted octanol–water partition coefficient (Wildman–Crippen LogP) is 0.536. The van der Waals surface area contributed by atoms with E-state index in [0.717, 1.165) is 18.6 Å². The van der Waals surface area contributed by atoms with Gasteiger partial charge >= 0.3 is 0 Å². The molecule has 1 aliphatic heterocycles. The summed E-state index contributed by atoms with van der Waals surface area (Å²) < 4.78 is 11.2. The Balaban J connectivity index is 2.20. The van der Waals surface area contributed by atoms with E-state index in [-0.39, 0.29) is 11.4 Å². The van der Waals surface area contributed by atoms with Crippen molar-refractivity contribution in [2.45, 2.75) is 24.2 Å². The highest BCUT2D eigenvalue weighted by atomic mass is 33.1. The smallest absolute Gasteiger partial charge is 0.0861 e. The van der Waals surface area contributed by atoms with E-state index in [1.165, 1.54) is 10.8 Å². The second kappa shape index (κ2) is 2.50. The Labute approximate surface area is 66.2 Å². The number of aliphatic hydroxyl groups excluding tert-OH is 1. The number of hydrogen-bond donors (Lipinski definition) is 1. The Morgan fingerprint density at radius 1 is 1.50 bits per heavy atom. The van der Waals surface area contributed by atoms with E-state index in [0.29, 0.717) is 5.92 Å². The minimum atomic E-state index is -0.800. The van der Waals surface area contributed by atoms with E-state index in [1.807, 2.05) is 0 Å². The maximum Gasteiger partial charge on any atom is 0.0861 e. The Morgan fingerprint density at radius 3 is 3.00 bits per heavy atom. The van der Waals surface area contributed by atoms with Crippen molar-refractivity contribution >= 4 is 20.6 Å². The average Bonchev–Trinajstić information content (AvgIpc) is 2.13. The Kier molecular flexibility index (Phi) is 1.78. The zero-order valence-electron chi connectivity index (χ0n) is 5.53. The molecule has 2 aliphatic rings. The molecular weight excluding hydrogens is 168 g/mol. The monoisotopic (exact) mass is 178 g/mol. The summed E-state index contributed by atoms with van der Waals surface area (Å²) in [6.07, 6.45) is 1.78. The van der Waals surface area contributed by atoms with Crippen molar-refractivity contribution in [3.05, 3.63) is 0 Å². The number of hydrogen-bond acceptors (Lipinski definition) is 3. The Bertz CT molecular complexity index is 171. The van der Waals surface area contributed by atoms with Gasteiger partial charge in [-0.2, -0.15) is 0 Å². The molecule has 10 heavy (non-hydrogen) atoms. The van der Waals surface area contributed by atoms with Crippen LogP contribution in [0.3, 0.4) is 0 Å². The predicted molar refractivity (Wildman–Crippen MR) is 43.1 cm³/mol. The normalized spacial score (nSPS) is 53.3. The molecule has 1 heterocycles. The summed E-state index contributed by atoms with van der Waals surface area (Å²) >= 11 is 0. The summed E-state index contributed by atoms with van der Waals surface area (Å²) in [6.45, 7) is 0. The minimum absolute atomic E-state index is 0.0868. The molecule has 2 bridgehead atoms. The Hall–Kier alpha value is 0.460. The summed E-state index contributed by atoms with van der Waals surface area (Å²) in [5.41, 5.74) is 0. The van der Waals surface area contributed by atoms with Crippen LogP contribution in [0, 0.1) is 5.92 Å². The van der Waals surface area contributed by atoms with Crippen molar-refractivity contribution in [1.82, 2.24) is 0 Å². The van der Waals surface area contributed by atoms with Crippen molar-refractivity contribution in [3.63, 3.8) is 0 Å². The summed E-state index contributed by atoms with van der Waals surface area (Å²) in [6, 6.07) is 0. The summed E-state index contributed by atoms with van der Waals surface area (Å²) in [5, 5.41) is 9.56. The van der Waals surface area contributed by atoms with E-state index in [1.54, 1.807) is 0 Å². The van der Waals surface area contributed by atoms with Crippen LogP contribution in [0.15, 0.2) is 0 Å². The second-order valence-electron chi connectivity index (χ2n) is 2.91. The van der Waals surface area contributed by atoms with E-state index in [2.05, 4.69) is 0 Å². The zero-order chi connectivity index (χ0) is 7.14. The van der Waals surface area contributed by atoms with Gasteiger partial charge in [0.15, 0.2) is 0 Å². The highest BCUT2D eigenvalue weighted by Gasteiger charge is 2.42. The van der Waals surface area contributed by atoms with Gasteiger partial charge in [-0.3, -0.25) is 0 Å². The minimum Gasteiger partial charge on any atom is -0.392 e. The molecule has 1 unspecified atom stereocenters. The lowest BCUT2D eigenvalue weighted by molar-refractivity contribution is 0.146. The zero-order valence-corrected chi connectivity index (χ0v) is 7.16. The third-order valence-electron chi connectivity index (χ3n) is 2.33. The fourth-order valence-corrected chi connectivity index (χ4v) is 5.36. The average molecular weight is 178 g/mol. The first-order valence-corrected chi connectivity index (χ1v) is 6.22. The lowest BCUT2D eigenvalue weighted by Crippen LogP contribution is -2.33. The standard InChI is InChI=1S/C6H10O2S2/c7-6-4-1-2-5(6)10(8)9-3-4/h4-7H,1-3H2/t4-,5-,6+,10?/m1/s1. The fraction of sp³-hybridized carbons (Fsp3) is 1.00. The topological polar surface area (TPSA) is 37.3 Å². The van der Waals surface area contributed by atoms with Gasteiger partial charge < -0.3 is 5.11 Å². The largest absolute Gasteiger partial charge is 0.392 e. The first-order chi connectivity index (χ1) is 4.79. The molecule has 4 atom stereocenters. The maximum absolute atomic E-state index is 11.2. The molecule has 2 fully saturated rings. The van der Waals surface area contributed by atoms with Crippen LogP contribution >= 0.6 is 10.8 Å². The van der Waals surface area contributed by atoms with Gasteiger partial charge in [-0.25, -0.2) is 4.21 Å². The number of rotatable bonds is 0. The molecule has 58 valence electrons. The van der Waals surface area contributed by atoms with Crippen molar-refractivity contribution < 1.29 is 9.32 Å². The quantitative estimate of drug-likeness (QED) is 0.550. The lowest BCUT2D eigenvalue weighted by Gasteiger charge is -2.23. The van der Waals surface area contributed by atoms with Crippen molar-refractivity contribution in [1.29, 1.82) is 0 Å². The molecule has 2 rings (SSSR count). The summed E-state index contributed by atoms with van der Waals surface area (Å²) in [7, 11) is 0.713. The van der Waals surface area contributed by atoms with Crippen molar-refractivity contribution in [2.24, 2.45) is 5.92 Å². The first-order valence-electron chi connectivity index (χ1n) is 3.51. The molecule has 1 saturated carbocycles. The SMILES string of the molecule is O=S1SC[C@H]2CC[C@@H]1[C@H]2O. The Morgan fingerprint density at radius 2 is 2.30 bits per heavy atom. The van der Waals surface area contributed by atoms with Gasteiger partial charge in [0.05, 0.1) is 21.2 Å². The van der Waals surface area contributed by atoms with Crippen molar-refractivity contribution in [2.75, 3.05) is 5.75 Å². The van der Waals surface area contributed by atoms with Gasteiger partial charge in [-0.05, 0) is 18.8 Å². The number of fused-ring (bicyclic) bond motifs is 2. The molecule has 0 aromatic rings. The van der Waals surface area contributed by atoms with Gasteiger partial charge in [-0.15, -0.1) is 0 Å². The molecule has 1 aliphatic carbocycles. The van der Waals surface area contributed by atoms with Crippen LogP contribution in [0.25, 0.3) is 0 Å². The van der Waals surface area contributed by atoms with Gasteiger partial charge in [0.25, 0.3) is 0 Å². The van der Waals surface area contributed by atoms with Crippen LogP contribution in [0.4, 0.5) is 0 Å². The molecule has 0 spiro atoms. The van der Waals surface area contributed by atoms with Crippen LogP contribution in [0.1, 0.15) is 12.8 Å². The van der Waals surface area contributed by atoms with E-state index in [9.17, 15) is 9.32 Å². The molecule has 0 amide bonds. The van der Waals surface area contributed by atoms with Crippen LogP contribution in [-0.2, 0) is 9.83 Å². The molecule has 1 saturated heterocycles. The van der Waals surface area contributed by atoms with Crippen LogP contribution < -0.4 is 0 Å². The van der Waals surface area contributed by atoms with Gasteiger partial charge in [-0.1, -0.05) is 10.8 Å². The molecule has 0 radical (unpaired) electrons. The van der Waals surface area contributed by atoms with Crippen LogP contribution in [0.5, 0.6) is 0 Å². The van der Waals surface area contributed by atoms with Crippen molar-refractivity contribution in [3.8, 4) is 0 Å². The molecule has 1 N–H and O–H groups in total. The summed E-state index contributed by atoms with van der Waals surface area (Å²) in [5.74, 6) is 1.33. The second-order valence-corrected chi connectivity index (χ2v) is 6.30. The van der Waals surface area contributed by atoms with E-state index in [4.69, 9.17) is 0 Å². The van der Waals surface area contributed by atoms with Crippen LogP contribution in [0.2, 0.25) is 0 Å². The van der Waals surface area contributed by atoms with Gasteiger partial charge in [0.1, 0.15) is 0 Å². The fourth-order valence-electron chi connectivity index (χ4n) is 1.66. The molecule has 2 nitrogen and oxygen atoms in total. The molecular formula is C6H10O2S2. The van der Waals surface area contributed by atoms with Gasteiger partial charge in [0.2, 0.25) is 0 Å².